The fraction of sp³-hybridized carbons (Fsp3) is 0.500. The van der Waals surface area contributed by atoms with Crippen molar-refractivity contribution >= 4 is 5.97 Å². The van der Waals surface area contributed by atoms with E-state index in [0.29, 0.717) is 31.5 Å². The van der Waals surface area contributed by atoms with Crippen molar-refractivity contribution in [2.24, 2.45) is 0 Å². The highest BCUT2D eigenvalue weighted by atomic mass is 19.1. The lowest BCUT2D eigenvalue weighted by molar-refractivity contribution is -0.141. The van der Waals surface area contributed by atoms with E-state index in [1.807, 2.05) is 0 Å². The van der Waals surface area contributed by atoms with Gasteiger partial charge in [0.25, 0.3) is 0 Å². The zero-order valence-corrected chi connectivity index (χ0v) is 11.1. The smallest absolute Gasteiger partial charge is 0.305 e. The minimum absolute atomic E-state index is 0.201. The van der Waals surface area contributed by atoms with Crippen LogP contribution in [0.5, 0.6) is 0 Å². The Labute approximate surface area is 112 Å². The molecule has 19 heavy (non-hydrogen) atoms. The van der Waals surface area contributed by atoms with Crippen LogP contribution in [0.25, 0.3) is 0 Å². The van der Waals surface area contributed by atoms with Crippen LogP contribution in [0.15, 0.2) is 24.3 Å². The van der Waals surface area contributed by atoms with Gasteiger partial charge in [-0.05, 0) is 31.0 Å². The van der Waals surface area contributed by atoms with Crippen LogP contribution in [0.2, 0.25) is 0 Å². The summed E-state index contributed by atoms with van der Waals surface area (Å²) in [4.78, 5) is 10.9. The van der Waals surface area contributed by atoms with Crippen molar-refractivity contribution in [3.8, 4) is 0 Å². The summed E-state index contributed by atoms with van der Waals surface area (Å²) >= 11 is 0. The van der Waals surface area contributed by atoms with Gasteiger partial charge in [-0.3, -0.25) is 4.79 Å². The van der Waals surface area contributed by atoms with Crippen LogP contribution in [-0.4, -0.2) is 37.4 Å². The van der Waals surface area contributed by atoms with Crippen LogP contribution in [0, 0.1) is 5.82 Å². The molecule has 1 aromatic carbocycles. The summed E-state index contributed by atoms with van der Waals surface area (Å²) in [7, 11) is 1.32. The second-order valence-corrected chi connectivity index (χ2v) is 4.31. The Morgan fingerprint density at radius 3 is 2.89 bits per heavy atom. The zero-order valence-electron chi connectivity index (χ0n) is 11.1. The molecule has 106 valence electrons. The summed E-state index contributed by atoms with van der Waals surface area (Å²) < 4.78 is 17.8. The van der Waals surface area contributed by atoms with Gasteiger partial charge in [0.15, 0.2) is 0 Å². The molecule has 0 radical (unpaired) electrons. The van der Waals surface area contributed by atoms with Gasteiger partial charge in [-0.15, -0.1) is 0 Å². The van der Waals surface area contributed by atoms with Gasteiger partial charge in [-0.2, -0.15) is 0 Å². The normalized spacial score (nSPS) is 12.2. The number of hydrogen-bond acceptors (Lipinski definition) is 4. The van der Waals surface area contributed by atoms with Crippen LogP contribution < -0.4 is 5.32 Å². The molecule has 0 spiro atoms. The Kier molecular flexibility index (Phi) is 7.07. The van der Waals surface area contributed by atoms with E-state index in [9.17, 15) is 14.3 Å². The molecule has 0 fully saturated rings. The summed E-state index contributed by atoms with van der Waals surface area (Å²) in [5.41, 5.74) is 0.652. The summed E-state index contributed by atoms with van der Waals surface area (Å²) in [6.07, 6.45) is 0.530. The fourth-order valence-corrected chi connectivity index (χ4v) is 1.68. The van der Waals surface area contributed by atoms with Crippen molar-refractivity contribution in [1.29, 1.82) is 0 Å². The Bertz CT molecular complexity index is 398. The molecule has 0 aromatic heterocycles. The number of methoxy groups -OCH3 is 1. The van der Waals surface area contributed by atoms with E-state index in [1.165, 1.54) is 13.2 Å². The molecule has 4 nitrogen and oxygen atoms in total. The third kappa shape index (κ3) is 6.31. The second-order valence-electron chi connectivity index (χ2n) is 4.31. The molecule has 1 rings (SSSR count). The fourth-order valence-electron chi connectivity index (χ4n) is 1.68. The number of ether oxygens (including phenoxy) is 1. The molecule has 0 heterocycles. The molecule has 2 N–H and O–H groups in total. The number of nitrogens with one attached hydrogen (secondary N) is 1. The first kappa shape index (κ1) is 15.6. The number of aliphatic hydroxyl groups excluding tert-OH is 1. The molecule has 0 aliphatic heterocycles. The van der Waals surface area contributed by atoms with Crippen molar-refractivity contribution in [2.75, 3.05) is 20.2 Å². The van der Waals surface area contributed by atoms with Crippen LogP contribution in [-0.2, 0) is 16.0 Å². The van der Waals surface area contributed by atoms with Crippen LogP contribution in [0.3, 0.4) is 0 Å². The molecule has 0 aliphatic carbocycles. The van der Waals surface area contributed by atoms with Crippen molar-refractivity contribution in [1.82, 2.24) is 5.32 Å². The third-order valence-corrected chi connectivity index (χ3v) is 2.82. The van der Waals surface area contributed by atoms with E-state index in [-0.39, 0.29) is 18.2 Å². The summed E-state index contributed by atoms with van der Waals surface area (Å²) in [6, 6.07) is 6.62. The van der Waals surface area contributed by atoms with Crippen LogP contribution >= 0.6 is 0 Å². The SMILES string of the molecule is COC(=O)CCC(O)CNCCc1ccccc1F. The van der Waals surface area contributed by atoms with E-state index >= 15 is 0 Å². The number of carbonyl (C=O) groups excluding carboxylic acids is 1. The predicted octanol–water partition coefficient (Wildman–Crippen LogP) is 1.27. The maximum Gasteiger partial charge on any atom is 0.305 e. The lowest BCUT2D eigenvalue weighted by Gasteiger charge is -2.11. The maximum atomic E-state index is 13.3. The van der Waals surface area contributed by atoms with Gasteiger partial charge in [0, 0.05) is 13.0 Å². The number of esters is 1. The molecule has 1 unspecified atom stereocenters. The van der Waals surface area contributed by atoms with Crippen molar-refractivity contribution in [3.05, 3.63) is 35.6 Å². The highest BCUT2D eigenvalue weighted by Crippen LogP contribution is 2.06. The van der Waals surface area contributed by atoms with E-state index in [2.05, 4.69) is 10.1 Å². The van der Waals surface area contributed by atoms with Crippen LogP contribution in [0.4, 0.5) is 4.39 Å². The Morgan fingerprint density at radius 2 is 2.21 bits per heavy atom. The van der Waals surface area contributed by atoms with E-state index < -0.39 is 6.10 Å². The van der Waals surface area contributed by atoms with Crippen molar-refractivity contribution in [3.63, 3.8) is 0 Å². The monoisotopic (exact) mass is 269 g/mol. The zero-order chi connectivity index (χ0) is 14.1. The highest BCUT2D eigenvalue weighted by Gasteiger charge is 2.08. The topological polar surface area (TPSA) is 58.6 Å². The molecule has 0 saturated carbocycles. The van der Waals surface area contributed by atoms with E-state index in [1.54, 1.807) is 18.2 Å². The summed E-state index contributed by atoms with van der Waals surface area (Å²) in [6.45, 7) is 0.960. The summed E-state index contributed by atoms with van der Waals surface area (Å²) in [5, 5.41) is 12.6. The van der Waals surface area contributed by atoms with E-state index in [0.717, 1.165) is 0 Å². The van der Waals surface area contributed by atoms with Crippen molar-refractivity contribution < 1.29 is 19.0 Å². The lowest BCUT2D eigenvalue weighted by Crippen LogP contribution is -2.29. The summed E-state index contributed by atoms with van der Waals surface area (Å²) in [5.74, 6) is -0.541. The third-order valence-electron chi connectivity index (χ3n) is 2.82. The Morgan fingerprint density at radius 1 is 1.47 bits per heavy atom. The maximum absolute atomic E-state index is 13.3. The number of rotatable bonds is 8. The molecule has 0 amide bonds. The molecule has 5 heteroatoms. The molecular formula is C14H20FNO3. The minimum Gasteiger partial charge on any atom is -0.469 e. The number of halogens is 1. The van der Waals surface area contributed by atoms with Crippen molar-refractivity contribution in [2.45, 2.75) is 25.4 Å². The molecule has 1 atom stereocenters. The number of benzene rings is 1. The minimum atomic E-state index is -0.597. The molecule has 0 aliphatic rings. The quantitative estimate of drug-likeness (QED) is 0.551. The molecule has 1 aromatic rings. The number of aliphatic hydroxyl groups is 1. The number of carbonyl (C=O) groups is 1. The van der Waals surface area contributed by atoms with Gasteiger partial charge >= 0.3 is 5.97 Å². The van der Waals surface area contributed by atoms with Gasteiger partial charge in [-0.25, -0.2) is 4.39 Å². The van der Waals surface area contributed by atoms with Gasteiger partial charge < -0.3 is 15.2 Å². The molecular weight excluding hydrogens is 249 g/mol. The second kappa shape index (κ2) is 8.61. The van der Waals surface area contributed by atoms with E-state index in [4.69, 9.17) is 0 Å². The Balaban J connectivity index is 2.14. The van der Waals surface area contributed by atoms with Gasteiger partial charge in [0.1, 0.15) is 5.82 Å². The first-order valence-electron chi connectivity index (χ1n) is 6.32. The predicted molar refractivity (Wildman–Crippen MR) is 70.2 cm³/mol. The lowest BCUT2D eigenvalue weighted by atomic mass is 10.1. The standard InChI is InChI=1S/C14H20FNO3/c1-19-14(18)7-6-12(17)10-16-9-8-11-4-2-3-5-13(11)15/h2-5,12,16-17H,6-10H2,1H3. The molecule has 0 bridgehead atoms. The first-order chi connectivity index (χ1) is 9.13. The number of hydrogen-bond donors (Lipinski definition) is 2. The largest absolute Gasteiger partial charge is 0.469 e. The average Bonchev–Trinajstić information content (AvgIpc) is 2.42. The van der Waals surface area contributed by atoms with Crippen LogP contribution in [0.1, 0.15) is 18.4 Å². The molecule has 0 saturated heterocycles. The Hall–Kier alpha value is -1.46. The average molecular weight is 269 g/mol. The van der Waals surface area contributed by atoms with Gasteiger partial charge in [-0.1, -0.05) is 18.2 Å². The van der Waals surface area contributed by atoms with Gasteiger partial charge in [0.2, 0.25) is 0 Å². The first-order valence-corrected chi connectivity index (χ1v) is 6.32. The van der Waals surface area contributed by atoms with Gasteiger partial charge in [0.05, 0.1) is 13.2 Å². The highest BCUT2D eigenvalue weighted by molar-refractivity contribution is 5.69.